The molecule has 2 heteroatoms. The van der Waals surface area contributed by atoms with Crippen LogP contribution in [-0.2, 0) is 0 Å². The maximum Gasteiger partial charge on any atom is 0.0383 e. The summed E-state index contributed by atoms with van der Waals surface area (Å²) >= 11 is 0. The molecule has 68 valence electrons. The highest BCUT2D eigenvalue weighted by Gasteiger charge is 2.03. The Morgan fingerprint density at radius 1 is 1.15 bits per heavy atom. The summed E-state index contributed by atoms with van der Waals surface area (Å²) in [6.45, 7) is 0. The third-order valence-corrected chi connectivity index (χ3v) is 2.26. The highest BCUT2D eigenvalue weighted by Crippen LogP contribution is 2.20. The molecule has 0 spiro atoms. The Morgan fingerprint density at radius 2 is 1.92 bits per heavy atom. The van der Waals surface area contributed by atoms with Crippen molar-refractivity contribution in [3.05, 3.63) is 36.0 Å². The molecule has 0 heterocycles. The summed E-state index contributed by atoms with van der Waals surface area (Å²) in [5.74, 6) is 0. The van der Waals surface area contributed by atoms with Crippen LogP contribution in [0.2, 0.25) is 0 Å². The van der Waals surface area contributed by atoms with Gasteiger partial charge in [0.15, 0.2) is 0 Å². The van der Waals surface area contributed by atoms with E-state index < -0.39 is 0 Å². The Bertz CT molecular complexity index is 311. The van der Waals surface area contributed by atoms with Crippen molar-refractivity contribution < 1.29 is 0 Å². The fraction of sp³-hybridized carbons (Fsp3) is 0.273. The van der Waals surface area contributed by atoms with E-state index in [1.54, 1.807) is 0 Å². The lowest BCUT2D eigenvalue weighted by atomic mass is 10.2. The van der Waals surface area contributed by atoms with Gasteiger partial charge in [-0.25, -0.2) is 0 Å². The number of rotatable bonds is 2. The largest absolute Gasteiger partial charge is 0.399 e. The van der Waals surface area contributed by atoms with Crippen molar-refractivity contribution in [2.24, 2.45) is 0 Å². The SMILES string of the molecule is Nc1ccc(NC2=CCCC2)cc1. The molecule has 1 aliphatic carbocycles. The van der Waals surface area contributed by atoms with Crippen molar-refractivity contribution in [2.75, 3.05) is 11.1 Å². The zero-order chi connectivity index (χ0) is 9.10. The van der Waals surface area contributed by atoms with Gasteiger partial charge < -0.3 is 11.1 Å². The molecule has 0 fully saturated rings. The van der Waals surface area contributed by atoms with Gasteiger partial charge in [-0.05, 0) is 43.5 Å². The van der Waals surface area contributed by atoms with Crippen LogP contribution in [0.1, 0.15) is 19.3 Å². The summed E-state index contributed by atoms with van der Waals surface area (Å²) in [6, 6.07) is 7.85. The molecule has 2 rings (SSSR count). The predicted octanol–water partition coefficient (Wildman–Crippen LogP) is 2.75. The molecule has 2 nitrogen and oxygen atoms in total. The first-order valence-corrected chi connectivity index (χ1v) is 4.66. The number of nitrogens with one attached hydrogen (secondary N) is 1. The molecule has 0 aliphatic heterocycles. The van der Waals surface area contributed by atoms with Crippen LogP contribution in [0.5, 0.6) is 0 Å². The minimum Gasteiger partial charge on any atom is -0.399 e. The lowest BCUT2D eigenvalue weighted by Gasteiger charge is -2.06. The van der Waals surface area contributed by atoms with Crippen molar-refractivity contribution in [2.45, 2.75) is 19.3 Å². The molecule has 0 saturated carbocycles. The van der Waals surface area contributed by atoms with E-state index in [2.05, 4.69) is 11.4 Å². The Hall–Kier alpha value is -1.44. The lowest BCUT2D eigenvalue weighted by Crippen LogP contribution is -1.96. The maximum absolute atomic E-state index is 5.59. The van der Waals surface area contributed by atoms with Gasteiger partial charge >= 0.3 is 0 Å². The highest BCUT2D eigenvalue weighted by molar-refractivity contribution is 5.54. The Kier molecular flexibility index (Phi) is 2.21. The van der Waals surface area contributed by atoms with Gasteiger partial charge in [0.1, 0.15) is 0 Å². The van der Waals surface area contributed by atoms with Crippen LogP contribution in [0.3, 0.4) is 0 Å². The molecule has 3 N–H and O–H groups in total. The maximum atomic E-state index is 5.59. The molecule has 0 atom stereocenters. The Morgan fingerprint density at radius 3 is 2.54 bits per heavy atom. The van der Waals surface area contributed by atoms with E-state index in [0.29, 0.717) is 0 Å². The Labute approximate surface area is 78.5 Å². The topological polar surface area (TPSA) is 38.0 Å². The van der Waals surface area contributed by atoms with Crippen molar-refractivity contribution >= 4 is 11.4 Å². The average molecular weight is 174 g/mol. The van der Waals surface area contributed by atoms with E-state index in [1.807, 2.05) is 24.3 Å². The van der Waals surface area contributed by atoms with Gasteiger partial charge in [-0.1, -0.05) is 6.08 Å². The van der Waals surface area contributed by atoms with Crippen molar-refractivity contribution in [1.82, 2.24) is 0 Å². The first kappa shape index (κ1) is 8.17. The monoisotopic (exact) mass is 174 g/mol. The molecule has 0 radical (unpaired) electrons. The van der Waals surface area contributed by atoms with E-state index in [4.69, 9.17) is 5.73 Å². The minimum absolute atomic E-state index is 0.811. The molecule has 0 aromatic heterocycles. The van der Waals surface area contributed by atoms with Crippen LogP contribution in [0, 0.1) is 0 Å². The molecule has 13 heavy (non-hydrogen) atoms. The fourth-order valence-electron chi connectivity index (χ4n) is 1.54. The first-order valence-electron chi connectivity index (χ1n) is 4.66. The summed E-state index contributed by atoms with van der Waals surface area (Å²) < 4.78 is 0. The van der Waals surface area contributed by atoms with Gasteiger partial charge in [0.2, 0.25) is 0 Å². The lowest BCUT2D eigenvalue weighted by molar-refractivity contribution is 0.908. The van der Waals surface area contributed by atoms with Crippen molar-refractivity contribution in [3.63, 3.8) is 0 Å². The molecule has 1 aromatic carbocycles. The third-order valence-electron chi connectivity index (χ3n) is 2.26. The minimum atomic E-state index is 0.811. The quantitative estimate of drug-likeness (QED) is 0.676. The van der Waals surface area contributed by atoms with Gasteiger partial charge in [0.05, 0.1) is 0 Å². The zero-order valence-electron chi connectivity index (χ0n) is 7.59. The summed E-state index contributed by atoms with van der Waals surface area (Å²) in [4.78, 5) is 0. The molecular weight excluding hydrogens is 160 g/mol. The van der Waals surface area contributed by atoms with Crippen molar-refractivity contribution in [1.29, 1.82) is 0 Å². The molecule has 1 aliphatic rings. The standard InChI is InChI=1S/C11H14N2/c12-9-5-7-11(8-6-9)13-10-3-1-2-4-10/h3,5-8,13H,1-2,4,12H2. The Balaban J connectivity index is 2.05. The van der Waals surface area contributed by atoms with E-state index >= 15 is 0 Å². The van der Waals surface area contributed by atoms with Gasteiger partial charge in [0.25, 0.3) is 0 Å². The van der Waals surface area contributed by atoms with E-state index in [-0.39, 0.29) is 0 Å². The molecule has 1 aromatic rings. The number of hydrogen-bond acceptors (Lipinski definition) is 2. The number of benzene rings is 1. The second-order valence-corrected chi connectivity index (χ2v) is 3.37. The van der Waals surface area contributed by atoms with Gasteiger partial charge in [-0.3, -0.25) is 0 Å². The molecular formula is C11H14N2. The van der Waals surface area contributed by atoms with Crippen LogP contribution in [0.25, 0.3) is 0 Å². The predicted molar refractivity (Wildman–Crippen MR) is 56.4 cm³/mol. The number of hydrogen-bond donors (Lipinski definition) is 2. The molecule has 0 amide bonds. The molecule has 0 bridgehead atoms. The fourth-order valence-corrected chi connectivity index (χ4v) is 1.54. The van der Waals surface area contributed by atoms with Crippen LogP contribution < -0.4 is 11.1 Å². The average Bonchev–Trinajstić information content (AvgIpc) is 2.62. The normalized spacial score (nSPS) is 15.5. The molecule has 0 saturated heterocycles. The van der Waals surface area contributed by atoms with Gasteiger partial charge in [-0.2, -0.15) is 0 Å². The highest BCUT2D eigenvalue weighted by atomic mass is 14.9. The van der Waals surface area contributed by atoms with Crippen molar-refractivity contribution in [3.8, 4) is 0 Å². The summed E-state index contributed by atoms with van der Waals surface area (Å²) in [7, 11) is 0. The second kappa shape index (κ2) is 3.52. The van der Waals surface area contributed by atoms with Gasteiger partial charge in [-0.15, -0.1) is 0 Å². The van der Waals surface area contributed by atoms with Crippen LogP contribution in [-0.4, -0.2) is 0 Å². The smallest absolute Gasteiger partial charge is 0.0383 e. The third kappa shape index (κ3) is 2.02. The number of anilines is 2. The van der Waals surface area contributed by atoms with E-state index in [1.165, 1.54) is 25.0 Å². The van der Waals surface area contributed by atoms with Crippen LogP contribution in [0.15, 0.2) is 36.0 Å². The molecule has 0 unspecified atom stereocenters. The van der Waals surface area contributed by atoms with E-state index in [0.717, 1.165) is 11.4 Å². The van der Waals surface area contributed by atoms with E-state index in [9.17, 15) is 0 Å². The summed E-state index contributed by atoms with van der Waals surface area (Å²) in [5.41, 5.74) is 8.87. The number of allylic oxidation sites excluding steroid dienone is 2. The summed E-state index contributed by atoms with van der Waals surface area (Å²) in [6.07, 6.45) is 5.91. The number of nitrogen functional groups attached to an aromatic ring is 1. The van der Waals surface area contributed by atoms with Crippen LogP contribution >= 0.6 is 0 Å². The number of nitrogens with two attached hydrogens (primary N) is 1. The second-order valence-electron chi connectivity index (χ2n) is 3.37. The van der Waals surface area contributed by atoms with Gasteiger partial charge in [0, 0.05) is 17.1 Å². The zero-order valence-corrected chi connectivity index (χ0v) is 7.59. The summed E-state index contributed by atoms with van der Waals surface area (Å²) in [5, 5.41) is 3.37. The van der Waals surface area contributed by atoms with Crippen LogP contribution in [0.4, 0.5) is 11.4 Å². The first-order chi connectivity index (χ1) is 6.34.